The lowest BCUT2D eigenvalue weighted by Gasteiger charge is -2.24. The summed E-state index contributed by atoms with van der Waals surface area (Å²) < 4.78 is 33.6. The second-order valence-electron chi connectivity index (χ2n) is 7.77. The number of aryl methyl sites for hydroxylation is 1. The Labute approximate surface area is 200 Å². The van der Waals surface area contributed by atoms with Crippen LogP contribution in [-0.2, 0) is 19.6 Å². The number of benzene rings is 3. The van der Waals surface area contributed by atoms with Gasteiger partial charge >= 0.3 is 5.97 Å². The molecule has 0 saturated heterocycles. The van der Waals surface area contributed by atoms with Crippen molar-refractivity contribution in [2.75, 3.05) is 22.8 Å². The largest absolute Gasteiger partial charge is 0.449 e. The number of nitrogens with zero attached hydrogens (tertiary/aromatic N) is 2. The Bertz CT molecular complexity index is 1260. The van der Waals surface area contributed by atoms with Crippen LogP contribution in [0.4, 0.5) is 11.4 Å². The van der Waals surface area contributed by atoms with Gasteiger partial charge in [0.2, 0.25) is 0 Å². The third-order valence-corrected chi connectivity index (χ3v) is 7.47. The topological polar surface area (TPSA) is 84.0 Å². The predicted octanol–water partition coefficient (Wildman–Crippen LogP) is 4.42. The molecule has 34 heavy (non-hydrogen) atoms. The van der Waals surface area contributed by atoms with Crippen molar-refractivity contribution >= 4 is 33.3 Å². The van der Waals surface area contributed by atoms with E-state index in [9.17, 15) is 18.0 Å². The number of anilines is 2. The van der Waals surface area contributed by atoms with E-state index in [-0.39, 0.29) is 17.0 Å². The highest BCUT2D eigenvalue weighted by atomic mass is 32.2. The molecule has 0 radical (unpaired) electrons. The molecule has 3 rings (SSSR count). The number of hydrogen-bond donors (Lipinski definition) is 0. The van der Waals surface area contributed by atoms with Crippen LogP contribution in [0.2, 0.25) is 0 Å². The molecule has 1 amide bonds. The highest BCUT2D eigenvalue weighted by Crippen LogP contribution is 2.26. The van der Waals surface area contributed by atoms with Crippen LogP contribution in [0, 0.1) is 6.92 Å². The third-order valence-electron chi connectivity index (χ3n) is 5.43. The summed E-state index contributed by atoms with van der Waals surface area (Å²) in [5.74, 6) is -1.18. The van der Waals surface area contributed by atoms with Crippen molar-refractivity contribution in [2.45, 2.75) is 31.8 Å². The molecule has 0 saturated carbocycles. The molecule has 7 nitrogen and oxygen atoms in total. The SMILES string of the molecule is CCN(c1ccccc1)S(=O)(=O)c1cc(C(=O)O[C@H](C)C(=O)N(C)c2ccccc2)ccc1C. The first-order valence-electron chi connectivity index (χ1n) is 10.9. The number of ether oxygens (including phenoxy) is 1. The van der Waals surface area contributed by atoms with E-state index < -0.39 is 28.0 Å². The Hall–Kier alpha value is -3.65. The summed E-state index contributed by atoms with van der Waals surface area (Å²) in [5.41, 5.74) is 1.74. The van der Waals surface area contributed by atoms with Gasteiger partial charge in [0.25, 0.3) is 15.9 Å². The van der Waals surface area contributed by atoms with E-state index in [2.05, 4.69) is 0 Å². The average molecular weight is 481 g/mol. The van der Waals surface area contributed by atoms with Crippen molar-refractivity contribution in [3.63, 3.8) is 0 Å². The van der Waals surface area contributed by atoms with Crippen LogP contribution in [0.3, 0.4) is 0 Å². The fourth-order valence-corrected chi connectivity index (χ4v) is 5.27. The molecule has 0 bridgehead atoms. The summed E-state index contributed by atoms with van der Waals surface area (Å²) in [7, 11) is -2.34. The molecule has 1 atom stereocenters. The Balaban J connectivity index is 1.84. The van der Waals surface area contributed by atoms with E-state index in [0.717, 1.165) is 0 Å². The van der Waals surface area contributed by atoms with Gasteiger partial charge in [-0.15, -0.1) is 0 Å². The molecule has 0 aliphatic carbocycles. The molecule has 8 heteroatoms. The van der Waals surface area contributed by atoms with Gasteiger partial charge in [-0.2, -0.15) is 0 Å². The van der Waals surface area contributed by atoms with Crippen LogP contribution in [0.5, 0.6) is 0 Å². The van der Waals surface area contributed by atoms with Gasteiger partial charge < -0.3 is 9.64 Å². The van der Waals surface area contributed by atoms with Crippen molar-refractivity contribution in [1.82, 2.24) is 0 Å². The number of para-hydroxylation sites is 2. The summed E-state index contributed by atoms with van der Waals surface area (Å²) in [6.07, 6.45) is -1.06. The molecular weight excluding hydrogens is 452 g/mol. The highest BCUT2D eigenvalue weighted by Gasteiger charge is 2.28. The first kappa shape index (κ1) is 25.0. The monoisotopic (exact) mass is 480 g/mol. The van der Waals surface area contributed by atoms with Crippen molar-refractivity contribution in [1.29, 1.82) is 0 Å². The standard InChI is InChI=1S/C26H28N2O5S/c1-5-28(23-14-10-7-11-15-23)34(31,32)24-18-21(17-16-19(24)2)26(30)33-20(3)25(29)27(4)22-12-8-6-9-13-22/h6-18,20H,5H2,1-4H3/t20-/m1/s1. The molecule has 0 fully saturated rings. The van der Waals surface area contributed by atoms with Crippen molar-refractivity contribution < 1.29 is 22.7 Å². The van der Waals surface area contributed by atoms with Gasteiger partial charge in [0.15, 0.2) is 6.10 Å². The van der Waals surface area contributed by atoms with Gasteiger partial charge in [0.05, 0.1) is 16.1 Å². The van der Waals surface area contributed by atoms with Crippen molar-refractivity contribution in [3.05, 3.63) is 90.0 Å². The molecule has 0 N–H and O–H groups in total. The van der Waals surface area contributed by atoms with Gasteiger partial charge in [-0.05, 0) is 62.7 Å². The van der Waals surface area contributed by atoms with E-state index in [0.29, 0.717) is 16.9 Å². The molecule has 0 aromatic heterocycles. The summed E-state index contributed by atoms with van der Waals surface area (Å²) in [5, 5.41) is 0. The van der Waals surface area contributed by atoms with Gasteiger partial charge in [0.1, 0.15) is 0 Å². The van der Waals surface area contributed by atoms with Crippen LogP contribution in [0.1, 0.15) is 29.8 Å². The number of sulfonamides is 1. The zero-order valence-corrected chi connectivity index (χ0v) is 20.5. The summed E-state index contributed by atoms with van der Waals surface area (Å²) in [4.78, 5) is 27.0. The highest BCUT2D eigenvalue weighted by molar-refractivity contribution is 7.92. The lowest BCUT2D eigenvalue weighted by Crippen LogP contribution is -2.37. The van der Waals surface area contributed by atoms with Crippen molar-refractivity contribution in [3.8, 4) is 0 Å². The van der Waals surface area contributed by atoms with E-state index >= 15 is 0 Å². The molecule has 0 heterocycles. The van der Waals surface area contributed by atoms with Crippen molar-refractivity contribution in [2.24, 2.45) is 0 Å². The summed E-state index contributed by atoms with van der Waals surface area (Å²) in [6, 6.07) is 22.1. The Morgan fingerprint density at radius 2 is 1.47 bits per heavy atom. The number of carbonyl (C=O) groups is 2. The fourth-order valence-electron chi connectivity index (χ4n) is 3.54. The lowest BCUT2D eigenvalue weighted by atomic mass is 10.1. The summed E-state index contributed by atoms with van der Waals surface area (Å²) in [6.45, 7) is 5.12. The maximum absolute atomic E-state index is 13.4. The molecule has 0 aliphatic rings. The zero-order valence-electron chi connectivity index (χ0n) is 19.6. The van der Waals surface area contributed by atoms with Gasteiger partial charge in [-0.1, -0.05) is 42.5 Å². The molecule has 3 aromatic carbocycles. The van der Waals surface area contributed by atoms with Crippen LogP contribution >= 0.6 is 0 Å². The predicted molar refractivity (Wildman–Crippen MR) is 133 cm³/mol. The minimum atomic E-state index is -3.93. The van der Waals surface area contributed by atoms with E-state index in [4.69, 9.17) is 4.74 Å². The normalized spacial score (nSPS) is 12.0. The first-order chi connectivity index (χ1) is 16.2. The Morgan fingerprint density at radius 1 is 0.912 bits per heavy atom. The number of hydrogen-bond acceptors (Lipinski definition) is 5. The molecule has 0 aliphatic heterocycles. The second kappa shape index (κ2) is 10.5. The van der Waals surface area contributed by atoms with E-state index in [1.165, 1.54) is 28.3 Å². The van der Waals surface area contributed by atoms with E-state index in [1.807, 2.05) is 12.1 Å². The lowest BCUT2D eigenvalue weighted by molar-refractivity contribution is -0.126. The number of amides is 1. The van der Waals surface area contributed by atoms with Crippen LogP contribution < -0.4 is 9.21 Å². The van der Waals surface area contributed by atoms with E-state index in [1.54, 1.807) is 75.5 Å². The summed E-state index contributed by atoms with van der Waals surface area (Å²) >= 11 is 0. The Kier molecular flexibility index (Phi) is 7.73. The third kappa shape index (κ3) is 5.28. The van der Waals surface area contributed by atoms with Crippen LogP contribution in [0.25, 0.3) is 0 Å². The fraction of sp³-hybridized carbons (Fsp3) is 0.231. The second-order valence-corrected chi connectivity index (χ2v) is 9.60. The minimum absolute atomic E-state index is 0.00744. The number of esters is 1. The zero-order chi connectivity index (χ0) is 24.9. The minimum Gasteiger partial charge on any atom is -0.449 e. The number of likely N-dealkylation sites (N-methyl/N-ethyl adjacent to an activating group) is 1. The van der Waals surface area contributed by atoms with Gasteiger partial charge in [-0.25, -0.2) is 13.2 Å². The van der Waals surface area contributed by atoms with Crippen LogP contribution in [-0.4, -0.2) is 40.0 Å². The smallest absolute Gasteiger partial charge is 0.338 e. The average Bonchev–Trinajstić information content (AvgIpc) is 2.84. The van der Waals surface area contributed by atoms with Crippen LogP contribution in [0.15, 0.2) is 83.8 Å². The quantitative estimate of drug-likeness (QED) is 0.446. The molecule has 0 unspecified atom stereocenters. The number of rotatable bonds is 8. The maximum atomic E-state index is 13.4. The van der Waals surface area contributed by atoms with Gasteiger partial charge in [-0.3, -0.25) is 9.10 Å². The molecular formula is C26H28N2O5S. The van der Waals surface area contributed by atoms with Gasteiger partial charge in [0, 0.05) is 19.3 Å². The molecule has 0 spiro atoms. The first-order valence-corrected chi connectivity index (χ1v) is 12.3. The number of carbonyl (C=O) groups excluding carboxylic acids is 2. The maximum Gasteiger partial charge on any atom is 0.338 e. The molecule has 3 aromatic rings. The Morgan fingerprint density at radius 3 is 2.03 bits per heavy atom. The molecule has 178 valence electrons.